The fourth-order valence-electron chi connectivity index (χ4n) is 2.40. The van der Waals surface area contributed by atoms with E-state index in [2.05, 4.69) is 10.6 Å². The van der Waals surface area contributed by atoms with Gasteiger partial charge in [-0.25, -0.2) is 0 Å². The first-order valence-electron chi connectivity index (χ1n) is 8.32. The van der Waals surface area contributed by atoms with Gasteiger partial charge in [0, 0.05) is 34.3 Å². The van der Waals surface area contributed by atoms with Gasteiger partial charge in [-0.05, 0) is 54.3 Å². The Labute approximate surface area is 162 Å². The van der Waals surface area contributed by atoms with Gasteiger partial charge in [0.05, 0.1) is 0 Å². The standard InChI is InChI=1S/C20H18Cl2N2O2/c21-16-8-6-14(18(22)11-16)7-9-19(25)23-12-13-2-1-3-17(10-13)24-20(26)15-4-5-15/h1-3,6-11,15H,4-5,12H2,(H,23,25)(H,24,26)/b9-7+. The van der Waals surface area contributed by atoms with Crippen LogP contribution in [0.1, 0.15) is 24.0 Å². The lowest BCUT2D eigenvalue weighted by Gasteiger charge is -2.07. The molecule has 2 N–H and O–H groups in total. The van der Waals surface area contributed by atoms with Crippen molar-refractivity contribution in [1.29, 1.82) is 0 Å². The average Bonchev–Trinajstić information content (AvgIpc) is 3.45. The monoisotopic (exact) mass is 388 g/mol. The minimum atomic E-state index is -0.233. The lowest BCUT2D eigenvalue weighted by atomic mass is 10.2. The van der Waals surface area contributed by atoms with E-state index in [9.17, 15) is 9.59 Å². The molecule has 0 radical (unpaired) electrons. The number of carbonyl (C=O) groups excluding carboxylic acids is 2. The van der Waals surface area contributed by atoms with Crippen LogP contribution in [-0.2, 0) is 16.1 Å². The second-order valence-corrected chi connectivity index (χ2v) is 7.02. The van der Waals surface area contributed by atoms with Crippen LogP contribution < -0.4 is 10.6 Å². The summed E-state index contributed by atoms with van der Waals surface area (Å²) in [6, 6.07) is 12.5. The predicted molar refractivity (Wildman–Crippen MR) is 105 cm³/mol. The Morgan fingerprint density at radius 1 is 1.12 bits per heavy atom. The fourth-order valence-corrected chi connectivity index (χ4v) is 2.87. The van der Waals surface area contributed by atoms with E-state index in [1.54, 1.807) is 24.3 Å². The van der Waals surface area contributed by atoms with Crippen molar-refractivity contribution < 1.29 is 9.59 Å². The number of anilines is 1. The number of nitrogens with one attached hydrogen (secondary N) is 2. The zero-order chi connectivity index (χ0) is 18.5. The van der Waals surface area contributed by atoms with Gasteiger partial charge in [-0.3, -0.25) is 9.59 Å². The summed E-state index contributed by atoms with van der Waals surface area (Å²) in [5.74, 6) is -0.0133. The van der Waals surface area contributed by atoms with Gasteiger partial charge in [-0.2, -0.15) is 0 Å². The SMILES string of the molecule is O=C(/C=C/c1ccc(Cl)cc1Cl)NCc1cccc(NC(=O)C2CC2)c1. The Morgan fingerprint density at radius 3 is 2.65 bits per heavy atom. The zero-order valence-corrected chi connectivity index (χ0v) is 15.5. The van der Waals surface area contributed by atoms with Gasteiger partial charge in [-0.1, -0.05) is 41.4 Å². The quantitative estimate of drug-likeness (QED) is 0.706. The van der Waals surface area contributed by atoms with Gasteiger partial charge in [0.2, 0.25) is 11.8 Å². The number of hydrogen-bond donors (Lipinski definition) is 2. The topological polar surface area (TPSA) is 58.2 Å². The van der Waals surface area contributed by atoms with Crippen molar-refractivity contribution >= 4 is 46.8 Å². The average molecular weight is 389 g/mol. The second-order valence-electron chi connectivity index (χ2n) is 6.18. The molecule has 1 aliphatic rings. The van der Waals surface area contributed by atoms with Crippen molar-refractivity contribution in [2.75, 3.05) is 5.32 Å². The normalized spacial score (nSPS) is 13.6. The molecule has 0 aliphatic heterocycles. The number of halogens is 2. The largest absolute Gasteiger partial charge is 0.348 e. The number of amides is 2. The third-order valence-electron chi connectivity index (χ3n) is 3.99. The summed E-state index contributed by atoms with van der Waals surface area (Å²) in [6.07, 6.45) is 4.99. The fraction of sp³-hybridized carbons (Fsp3) is 0.200. The van der Waals surface area contributed by atoms with E-state index in [1.165, 1.54) is 6.08 Å². The number of benzene rings is 2. The molecule has 4 nitrogen and oxygen atoms in total. The molecule has 0 aromatic heterocycles. The Balaban J connectivity index is 1.53. The van der Waals surface area contributed by atoms with Crippen molar-refractivity contribution in [2.24, 2.45) is 5.92 Å². The van der Waals surface area contributed by atoms with Crippen LogP contribution in [0, 0.1) is 5.92 Å². The maximum absolute atomic E-state index is 12.0. The van der Waals surface area contributed by atoms with Crippen LogP contribution >= 0.6 is 23.2 Å². The van der Waals surface area contributed by atoms with Crippen LogP contribution in [0.3, 0.4) is 0 Å². The van der Waals surface area contributed by atoms with Gasteiger partial charge in [0.15, 0.2) is 0 Å². The Morgan fingerprint density at radius 2 is 1.92 bits per heavy atom. The van der Waals surface area contributed by atoms with E-state index in [1.807, 2.05) is 24.3 Å². The molecule has 0 unspecified atom stereocenters. The van der Waals surface area contributed by atoms with Gasteiger partial charge >= 0.3 is 0 Å². The molecule has 1 fully saturated rings. The molecule has 0 saturated heterocycles. The highest BCUT2D eigenvalue weighted by Gasteiger charge is 2.29. The van der Waals surface area contributed by atoms with Crippen LogP contribution in [0.2, 0.25) is 10.0 Å². The molecule has 0 bridgehead atoms. The summed E-state index contributed by atoms with van der Waals surface area (Å²) >= 11 is 11.9. The first kappa shape index (κ1) is 18.5. The molecule has 0 atom stereocenters. The van der Waals surface area contributed by atoms with Gasteiger partial charge in [0.1, 0.15) is 0 Å². The maximum Gasteiger partial charge on any atom is 0.244 e. The summed E-state index contributed by atoms with van der Waals surface area (Å²) < 4.78 is 0. The minimum absolute atomic E-state index is 0.0639. The minimum Gasteiger partial charge on any atom is -0.348 e. The highest BCUT2D eigenvalue weighted by molar-refractivity contribution is 6.35. The Kier molecular flexibility index (Phi) is 5.96. The molecular weight excluding hydrogens is 371 g/mol. The van der Waals surface area contributed by atoms with E-state index in [4.69, 9.17) is 23.2 Å². The van der Waals surface area contributed by atoms with Crippen LogP contribution in [0.15, 0.2) is 48.5 Å². The zero-order valence-electron chi connectivity index (χ0n) is 14.0. The molecule has 0 spiro atoms. The van der Waals surface area contributed by atoms with Crippen molar-refractivity contribution in [1.82, 2.24) is 5.32 Å². The van der Waals surface area contributed by atoms with Crippen molar-refractivity contribution in [3.8, 4) is 0 Å². The van der Waals surface area contributed by atoms with Gasteiger partial charge < -0.3 is 10.6 Å². The summed E-state index contributed by atoms with van der Waals surface area (Å²) in [6.45, 7) is 0.366. The van der Waals surface area contributed by atoms with E-state index in [0.717, 1.165) is 29.7 Å². The first-order valence-corrected chi connectivity index (χ1v) is 9.07. The lowest BCUT2D eigenvalue weighted by molar-refractivity contribution is -0.117. The molecule has 2 amide bonds. The smallest absolute Gasteiger partial charge is 0.244 e. The van der Waals surface area contributed by atoms with Crippen molar-refractivity contribution in [3.05, 3.63) is 69.7 Å². The van der Waals surface area contributed by atoms with Crippen LogP contribution in [0.25, 0.3) is 6.08 Å². The molecule has 2 aromatic carbocycles. The highest BCUT2D eigenvalue weighted by Crippen LogP contribution is 2.30. The Bertz CT molecular complexity index is 861. The van der Waals surface area contributed by atoms with Crippen LogP contribution in [-0.4, -0.2) is 11.8 Å². The number of carbonyl (C=O) groups is 2. The molecule has 1 saturated carbocycles. The molecule has 3 rings (SSSR count). The number of hydrogen-bond acceptors (Lipinski definition) is 2. The Hall–Kier alpha value is -2.30. The summed E-state index contributed by atoms with van der Waals surface area (Å²) in [7, 11) is 0. The molecule has 0 heterocycles. The van der Waals surface area contributed by atoms with E-state index >= 15 is 0 Å². The van der Waals surface area contributed by atoms with Crippen LogP contribution in [0.5, 0.6) is 0 Å². The third-order valence-corrected chi connectivity index (χ3v) is 4.55. The second kappa shape index (κ2) is 8.39. The molecule has 6 heteroatoms. The molecule has 1 aliphatic carbocycles. The lowest BCUT2D eigenvalue weighted by Crippen LogP contribution is -2.20. The van der Waals surface area contributed by atoms with Gasteiger partial charge in [-0.15, -0.1) is 0 Å². The van der Waals surface area contributed by atoms with Crippen LogP contribution in [0.4, 0.5) is 5.69 Å². The van der Waals surface area contributed by atoms with Gasteiger partial charge in [0.25, 0.3) is 0 Å². The molecule has 2 aromatic rings. The summed E-state index contributed by atoms with van der Waals surface area (Å²) in [4.78, 5) is 23.8. The summed E-state index contributed by atoms with van der Waals surface area (Å²) in [5, 5.41) is 6.74. The third kappa shape index (κ3) is 5.35. The number of rotatable bonds is 6. The van der Waals surface area contributed by atoms with Crippen molar-refractivity contribution in [2.45, 2.75) is 19.4 Å². The van der Waals surface area contributed by atoms with Crippen molar-refractivity contribution in [3.63, 3.8) is 0 Å². The van der Waals surface area contributed by atoms with E-state index < -0.39 is 0 Å². The predicted octanol–water partition coefficient (Wildman–Crippen LogP) is 4.67. The molecule has 26 heavy (non-hydrogen) atoms. The maximum atomic E-state index is 12.0. The molecule has 134 valence electrons. The first-order chi connectivity index (χ1) is 12.5. The molecular formula is C20H18Cl2N2O2. The highest BCUT2D eigenvalue weighted by atomic mass is 35.5. The van der Waals surface area contributed by atoms with E-state index in [0.29, 0.717) is 16.6 Å². The van der Waals surface area contributed by atoms with E-state index in [-0.39, 0.29) is 17.7 Å². The summed E-state index contributed by atoms with van der Waals surface area (Å²) in [5.41, 5.74) is 2.37.